The molecule has 3 nitrogen and oxygen atoms in total. The first-order valence-electron chi connectivity index (χ1n) is 2.84. The molecular formula is C5H11N2OS. The highest BCUT2D eigenvalue weighted by molar-refractivity contribution is 8.11. The Bertz CT molecular complexity index is 87.0. The SMILES string of the molecule is CCCNSC(=O)[N]C. The minimum Gasteiger partial charge on any atom is -0.258 e. The molecule has 0 saturated heterocycles. The predicted octanol–water partition coefficient (Wildman–Crippen LogP) is 0.988. The summed E-state index contributed by atoms with van der Waals surface area (Å²) in [4.78, 5) is 10.4. The smallest absolute Gasteiger partial charge is 0.258 e. The zero-order valence-corrected chi connectivity index (χ0v) is 6.49. The number of hydrogen-bond acceptors (Lipinski definition) is 3. The Morgan fingerprint density at radius 2 is 2.44 bits per heavy atom. The molecule has 0 aromatic rings. The summed E-state index contributed by atoms with van der Waals surface area (Å²) in [6, 6.07) is 0. The van der Waals surface area contributed by atoms with Gasteiger partial charge in [0.2, 0.25) is 0 Å². The molecule has 0 heterocycles. The van der Waals surface area contributed by atoms with E-state index in [-0.39, 0.29) is 5.24 Å². The molecule has 1 radical (unpaired) electrons. The van der Waals surface area contributed by atoms with E-state index >= 15 is 0 Å². The normalized spacial score (nSPS) is 9.11. The van der Waals surface area contributed by atoms with Crippen LogP contribution in [0.4, 0.5) is 4.79 Å². The molecule has 9 heavy (non-hydrogen) atoms. The van der Waals surface area contributed by atoms with Crippen molar-refractivity contribution in [3.8, 4) is 0 Å². The van der Waals surface area contributed by atoms with E-state index < -0.39 is 0 Å². The highest BCUT2D eigenvalue weighted by atomic mass is 32.2. The minimum atomic E-state index is -0.163. The number of nitrogens with zero attached hydrogens (tertiary/aromatic N) is 1. The van der Waals surface area contributed by atoms with Crippen LogP contribution in [0.25, 0.3) is 0 Å². The van der Waals surface area contributed by atoms with Gasteiger partial charge in [-0.15, -0.1) is 0 Å². The van der Waals surface area contributed by atoms with Gasteiger partial charge in [-0.2, -0.15) is 0 Å². The van der Waals surface area contributed by atoms with Crippen LogP contribution in [0.15, 0.2) is 0 Å². The first-order valence-corrected chi connectivity index (χ1v) is 3.66. The van der Waals surface area contributed by atoms with Gasteiger partial charge in [-0.3, -0.25) is 9.52 Å². The van der Waals surface area contributed by atoms with Crippen LogP contribution in [0.3, 0.4) is 0 Å². The molecule has 0 unspecified atom stereocenters. The Morgan fingerprint density at radius 1 is 1.78 bits per heavy atom. The van der Waals surface area contributed by atoms with Gasteiger partial charge in [-0.25, -0.2) is 5.32 Å². The number of carbonyl (C=O) groups is 1. The van der Waals surface area contributed by atoms with E-state index in [0.717, 1.165) is 24.9 Å². The van der Waals surface area contributed by atoms with Gasteiger partial charge in [-0.05, 0) is 6.42 Å². The van der Waals surface area contributed by atoms with Crippen LogP contribution in [0.5, 0.6) is 0 Å². The number of carbonyl (C=O) groups excluding carboxylic acids is 1. The average Bonchev–Trinajstić information content (AvgIpc) is 1.89. The lowest BCUT2D eigenvalue weighted by atomic mass is 10.5. The van der Waals surface area contributed by atoms with Crippen LogP contribution in [0.2, 0.25) is 0 Å². The van der Waals surface area contributed by atoms with Gasteiger partial charge in [0.25, 0.3) is 0 Å². The lowest BCUT2D eigenvalue weighted by Gasteiger charge is -1.96. The molecule has 0 aromatic carbocycles. The Morgan fingerprint density at radius 3 is 2.89 bits per heavy atom. The summed E-state index contributed by atoms with van der Waals surface area (Å²) in [5.41, 5.74) is 0. The zero-order valence-electron chi connectivity index (χ0n) is 5.68. The second kappa shape index (κ2) is 5.91. The lowest BCUT2D eigenvalue weighted by Crippen LogP contribution is -2.12. The maximum absolute atomic E-state index is 10.4. The van der Waals surface area contributed by atoms with Crippen molar-refractivity contribution in [3.05, 3.63) is 0 Å². The second-order valence-electron chi connectivity index (χ2n) is 1.49. The van der Waals surface area contributed by atoms with Crippen LogP contribution in [-0.4, -0.2) is 18.8 Å². The van der Waals surface area contributed by atoms with Crippen molar-refractivity contribution >= 4 is 17.2 Å². The number of nitrogens with one attached hydrogen (secondary N) is 1. The molecule has 53 valence electrons. The highest BCUT2D eigenvalue weighted by Crippen LogP contribution is 1.93. The lowest BCUT2D eigenvalue weighted by molar-refractivity contribution is 0.261. The first kappa shape index (κ1) is 8.78. The Hall–Kier alpha value is -0.220. The van der Waals surface area contributed by atoms with E-state index in [4.69, 9.17) is 0 Å². The van der Waals surface area contributed by atoms with E-state index in [1.54, 1.807) is 0 Å². The van der Waals surface area contributed by atoms with Crippen LogP contribution in [-0.2, 0) is 0 Å². The van der Waals surface area contributed by atoms with E-state index in [1.165, 1.54) is 7.05 Å². The summed E-state index contributed by atoms with van der Waals surface area (Å²) in [7, 11) is 1.49. The molecule has 0 bridgehead atoms. The fourth-order valence-corrected chi connectivity index (χ4v) is 0.781. The maximum Gasteiger partial charge on any atom is 0.315 e. The monoisotopic (exact) mass is 147 g/mol. The van der Waals surface area contributed by atoms with Crippen molar-refractivity contribution in [1.82, 2.24) is 10.0 Å². The third-order valence-corrected chi connectivity index (χ3v) is 1.40. The van der Waals surface area contributed by atoms with Crippen molar-refractivity contribution in [2.45, 2.75) is 13.3 Å². The molecule has 0 aromatic heterocycles. The highest BCUT2D eigenvalue weighted by Gasteiger charge is 1.96. The van der Waals surface area contributed by atoms with Crippen molar-refractivity contribution < 1.29 is 4.79 Å². The van der Waals surface area contributed by atoms with Crippen LogP contribution in [0.1, 0.15) is 13.3 Å². The topological polar surface area (TPSA) is 43.2 Å². The fourth-order valence-electron chi connectivity index (χ4n) is 0.260. The molecular weight excluding hydrogens is 136 g/mol. The molecule has 0 rings (SSSR count). The molecule has 0 atom stereocenters. The molecule has 0 aliphatic rings. The Labute approximate surface area is 59.7 Å². The van der Waals surface area contributed by atoms with E-state index in [1.807, 2.05) is 6.92 Å². The quantitative estimate of drug-likeness (QED) is 0.478. The van der Waals surface area contributed by atoms with Gasteiger partial charge in [0.15, 0.2) is 0 Å². The van der Waals surface area contributed by atoms with Gasteiger partial charge in [0.05, 0.1) is 0 Å². The van der Waals surface area contributed by atoms with E-state index in [0.29, 0.717) is 0 Å². The van der Waals surface area contributed by atoms with Crippen molar-refractivity contribution in [2.24, 2.45) is 0 Å². The van der Waals surface area contributed by atoms with E-state index in [2.05, 4.69) is 10.0 Å². The molecule has 0 aliphatic carbocycles. The van der Waals surface area contributed by atoms with Gasteiger partial charge in [0.1, 0.15) is 0 Å². The summed E-state index contributed by atoms with van der Waals surface area (Å²) in [6.07, 6.45) is 1.03. The van der Waals surface area contributed by atoms with Gasteiger partial charge in [-0.1, -0.05) is 6.92 Å². The van der Waals surface area contributed by atoms with Gasteiger partial charge < -0.3 is 0 Å². The Kier molecular flexibility index (Phi) is 5.76. The first-order chi connectivity index (χ1) is 4.31. The van der Waals surface area contributed by atoms with Crippen LogP contribution >= 0.6 is 11.9 Å². The van der Waals surface area contributed by atoms with Gasteiger partial charge in [0, 0.05) is 25.5 Å². The number of hydrogen-bond donors (Lipinski definition) is 1. The fraction of sp³-hybridized carbons (Fsp3) is 0.800. The molecule has 0 spiro atoms. The predicted molar refractivity (Wildman–Crippen MR) is 39.3 cm³/mol. The molecule has 0 saturated carbocycles. The average molecular weight is 147 g/mol. The molecule has 1 N–H and O–H groups in total. The molecule has 0 fully saturated rings. The summed E-state index contributed by atoms with van der Waals surface area (Å²) in [6.45, 7) is 2.90. The summed E-state index contributed by atoms with van der Waals surface area (Å²) < 4.78 is 2.86. The molecule has 4 heteroatoms. The summed E-state index contributed by atoms with van der Waals surface area (Å²) in [5, 5.41) is 3.26. The minimum absolute atomic E-state index is 0.163. The van der Waals surface area contributed by atoms with Crippen molar-refractivity contribution in [3.63, 3.8) is 0 Å². The van der Waals surface area contributed by atoms with Crippen molar-refractivity contribution in [1.29, 1.82) is 0 Å². The standard InChI is InChI=1S/C5H11N2OS/c1-3-4-7-9-5(8)6-2/h7H,3-4H2,1-2H3. The number of amides is 1. The van der Waals surface area contributed by atoms with Crippen LogP contribution in [0, 0.1) is 0 Å². The molecule has 1 amide bonds. The third kappa shape index (κ3) is 5.65. The maximum atomic E-state index is 10.4. The summed E-state index contributed by atoms with van der Waals surface area (Å²) >= 11 is 1.05. The summed E-state index contributed by atoms with van der Waals surface area (Å²) in [5.74, 6) is 0. The van der Waals surface area contributed by atoms with E-state index in [9.17, 15) is 4.79 Å². The zero-order chi connectivity index (χ0) is 7.11. The van der Waals surface area contributed by atoms with Gasteiger partial charge >= 0.3 is 5.24 Å². The molecule has 0 aliphatic heterocycles. The third-order valence-electron chi connectivity index (χ3n) is 0.694. The second-order valence-corrected chi connectivity index (χ2v) is 2.33. The Balaban J connectivity index is 2.97. The number of rotatable bonds is 3. The largest absolute Gasteiger partial charge is 0.315 e. The van der Waals surface area contributed by atoms with Crippen LogP contribution < -0.4 is 10.0 Å². The van der Waals surface area contributed by atoms with Crippen molar-refractivity contribution in [2.75, 3.05) is 13.6 Å².